The van der Waals surface area contributed by atoms with E-state index in [-0.39, 0.29) is 30.4 Å². The van der Waals surface area contributed by atoms with Crippen molar-refractivity contribution in [2.24, 2.45) is 18.1 Å². The fourth-order valence-corrected chi connectivity index (χ4v) is 4.81. The predicted octanol–water partition coefficient (Wildman–Crippen LogP) is 3.63. The first-order chi connectivity index (χ1) is 15.5. The SMILES string of the molecule is CCOC(=O)C1CCCN(CC(=O)N2N=C(c3ccccc3Cl)CC2c2cccn2C)C1. The van der Waals surface area contributed by atoms with E-state index in [4.69, 9.17) is 21.4 Å². The van der Waals surface area contributed by atoms with E-state index in [1.807, 2.05) is 66.0 Å². The van der Waals surface area contributed by atoms with Crippen molar-refractivity contribution in [2.75, 3.05) is 26.2 Å². The molecule has 1 aromatic carbocycles. The average Bonchev–Trinajstić information content (AvgIpc) is 3.40. The van der Waals surface area contributed by atoms with E-state index >= 15 is 0 Å². The van der Waals surface area contributed by atoms with Crippen LogP contribution in [0.15, 0.2) is 47.7 Å². The number of rotatable bonds is 6. The lowest BCUT2D eigenvalue weighted by Gasteiger charge is -2.32. The molecule has 170 valence electrons. The Bertz CT molecular complexity index is 1020. The summed E-state index contributed by atoms with van der Waals surface area (Å²) in [5.41, 5.74) is 2.68. The van der Waals surface area contributed by atoms with E-state index in [9.17, 15) is 9.59 Å². The Kier molecular flexibility index (Phi) is 6.96. The maximum atomic E-state index is 13.4. The Balaban J connectivity index is 1.54. The van der Waals surface area contributed by atoms with Crippen LogP contribution in [0.3, 0.4) is 0 Å². The lowest BCUT2D eigenvalue weighted by Crippen LogP contribution is -2.45. The summed E-state index contributed by atoms with van der Waals surface area (Å²) in [5.74, 6) is -0.435. The Hall–Kier alpha value is -2.64. The van der Waals surface area contributed by atoms with Crippen LogP contribution in [0.2, 0.25) is 5.02 Å². The van der Waals surface area contributed by atoms with Gasteiger partial charge >= 0.3 is 5.97 Å². The van der Waals surface area contributed by atoms with E-state index in [2.05, 4.69) is 0 Å². The Morgan fingerprint density at radius 2 is 2.03 bits per heavy atom. The first kappa shape index (κ1) is 22.6. The molecule has 0 N–H and O–H groups in total. The second-order valence-corrected chi connectivity index (χ2v) is 8.76. The van der Waals surface area contributed by atoms with Gasteiger partial charge in [0.15, 0.2) is 0 Å². The van der Waals surface area contributed by atoms with Gasteiger partial charge in [-0.25, -0.2) is 5.01 Å². The van der Waals surface area contributed by atoms with Gasteiger partial charge in [-0.1, -0.05) is 29.8 Å². The van der Waals surface area contributed by atoms with Crippen LogP contribution in [0.1, 0.15) is 43.5 Å². The summed E-state index contributed by atoms with van der Waals surface area (Å²) in [6.45, 7) is 3.73. The first-order valence-corrected chi connectivity index (χ1v) is 11.5. The standard InChI is InChI=1S/C24H29ClN4O3/c1-3-32-24(31)17-8-6-13-28(15-17)16-23(30)29-22(21-11-7-12-27(21)2)14-20(26-29)18-9-4-5-10-19(18)25/h4-5,7,9-12,17,22H,3,6,8,13-16H2,1-2H3. The third kappa shape index (κ3) is 4.74. The van der Waals surface area contributed by atoms with Crippen LogP contribution in [0, 0.1) is 5.92 Å². The Morgan fingerprint density at radius 3 is 2.75 bits per heavy atom. The highest BCUT2D eigenvalue weighted by molar-refractivity contribution is 6.34. The van der Waals surface area contributed by atoms with Crippen molar-refractivity contribution in [1.29, 1.82) is 0 Å². The van der Waals surface area contributed by atoms with Gasteiger partial charge in [0.2, 0.25) is 0 Å². The number of carbonyl (C=O) groups is 2. The molecule has 3 heterocycles. The predicted molar refractivity (Wildman–Crippen MR) is 123 cm³/mol. The summed E-state index contributed by atoms with van der Waals surface area (Å²) in [5, 5.41) is 6.95. The summed E-state index contributed by atoms with van der Waals surface area (Å²) in [6, 6.07) is 11.4. The van der Waals surface area contributed by atoms with Gasteiger partial charge in [0.1, 0.15) is 6.04 Å². The van der Waals surface area contributed by atoms with Crippen LogP contribution in [-0.2, 0) is 21.4 Å². The van der Waals surface area contributed by atoms with Crippen molar-refractivity contribution >= 4 is 29.2 Å². The molecule has 7 nitrogen and oxygen atoms in total. The van der Waals surface area contributed by atoms with Gasteiger partial charge in [-0.3, -0.25) is 14.5 Å². The molecule has 0 spiro atoms. The third-order valence-corrected chi connectivity index (χ3v) is 6.49. The van der Waals surface area contributed by atoms with Crippen LogP contribution >= 0.6 is 11.6 Å². The number of nitrogens with zero attached hydrogens (tertiary/aromatic N) is 4. The Labute approximate surface area is 193 Å². The molecule has 4 rings (SSSR count). The van der Waals surface area contributed by atoms with Gasteiger partial charge in [-0.05, 0) is 44.5 Å². The summed E-state index contributed by atoms with van der Waals surface area (Å²) < 4.78 is 7.21. The molecule has 2 aromatic rings. The monoisotopic (exact) mass is 456 g/mol. The highest BCUT2D eigenvalue weighted by atomic mass is 35.5. The molecule has 2 aliphatic rings. The molecule has 0 saturated carbocycles. The number of esters is 1. The molecule has 0 bridgehead atoms. The molecular formula is C24H29ClN4O3. The molecule has 1 fully saturated rings. The zero-order valence-electron chi connectivity index (χ0n) is 18.5. The number of amides is 1. The first-order valence-electron chi connectivity index (χ1n) is 11.1. The van der Waals surface area contributed by atoms with Gasteiger partial charge in [-0.2, -0.15) is 5.10 Å². The van der Waals surface area contributed by atoms with Gasteiger partial charge in [0.05, 0.1) is 24.8 Å². The molecule has 1 aromatic heterocycles. The summed E-state index contributed by atoms with van der Waals surface area (Å²) in [7, 11) is 1.97. The number of aromatic nitrogens is 1. The van der Waals surface area contributed by atoms with Gasteiger partial charge in [0.25, 0.3) is 5.91 Å². The smallest absolute Gasteiger partial charge is 0.310 e. The number of piperidine rings is 1. The summed E-state index contributed by atoms with van der Waals surface area (Å²) >= 11 is 6.42. The van der Waals surface area contributed by atoms with Gasteiger partial charge in [-0.15, -0.1) is 0 Å². The average molecular weight is 457 g/mol. The van der Waals surface area contributed by atoms with E-state index in [1.165, 1.54) is 0 Å². The van der Waals surface area contributed by atoms with E-state index in [1.54, 1.807) is 5.01 Å². The van der Waals surface area contributed by atoms with E-state index in [0.29, 0.717) is 24.6 Å². The minimum Gasteiger partial charge on any atom is -0.466 e. The zero-order chi connectivity index (χ0) is 22.7. The topological polar surface area (TPSA) is 67.1 Å². The fraction of sp³-hybridized carbons (Fsp3) is 0.458. The quantitative estimate of drug-likeness (QED) is 0.622. The van der Waals surface area contributed by atoms with Crippen LogP contribution in [0.4, 0.5) is 0 Å². The largest absolute Gasteiger partial charge is 0.466 e. The lowest BCUT2D eigenvalue weighted by atomic mass is 9.98. The van der Waals surface area contributed by atoms with Crippen LogP contribution in [-0.4, -0.2) is 58.3 Å². The van der Waals surface area contributed by atoms with Gasteiger partial charge in [0, 0.05) is 42.5 Å². The molecular weight excluding hydrogens is 428 g/mol. The molecule has 32 heavy (non-hydrogen) atoms. The number of ether oxygens (including phenoxy) is 1. The number of benzene rings is 1. The van der Waals surface area contributed by atoms with Crippen molar-refractivity contribution in [1.82, 2.24) is 14.5 Å². The minimum absolute atomic E-state index is 0.0808. The number of aryl methyl sites for hydroxylation is 1. The maximum Gasteiger partial charge on any atom is 0.310 e. The summed E-state index contributed by atoms with van der Waals surface area (Å²) in [6.07, 6.45) is 4.24. The molecule has 1 amide bonds. The molecule has 2 unspecified atom stereocenters. The van der Waals surface area contributed by atoms with Crippen molar-refractivity contribution in [3.05, 3.63) is 58.9 Å². The fourth-order valence-electron chi connectivity index (χ4n) is 4.56. The molecule has 0 radical (unpaired) electrons. The van der Waals surface area contributed by atoms with Crippen molar-refractivity contribution < 1.29 is 14.3 Å². The van der Waals surface area contributed by atoms with Crippen molar-refractivity contribution in [3.63, 3.8) is 0 Å². The van der Waals surface area contributed by atoms with Crippen LogP contribution in [0.5, 0.6) is 0 Å². The maximum absolute atomic E-state index is 13.4. The molecule has 1 saturated heterocycles. The lowest BCUT2D eigenvalue weighted by molar-refractivity contribution is -0.150. The van der Waals surface area contributed by atoms with E-state index < -0.39 is 0 Å². The number of carbonyl (C=O) groups excluding carboxylic acids is 2. The molecule has 8 heteroatoms. The van der Waals surface area contributed by atoms with Gasteiger partial charge < -0.3 is 9.30 Å². The normalized spacial score (nSPS) is 21.5. The molecule has 0 aliphatic carbocycles. The summed E-state index contributed by atoms with van der Waals surface area (Å²) in [4.78, 5) is 27.6. The van der Waals surface area contributed by atoms with E-state index in [0.717, 1.165) is 36.4 Å². The second kappa shape index (κ2) is 9.88. The number of halogens is 1. The molecule has 2 aliphatic heterocycles. The number of hydrazone groups is 1. The number of hydrogen-bond acceptors (Lipinski definition) is 5. The highest BCUT2D eigenvalue weighted by Crippen LogP contribution is 2.34. The second-order valence-electron chi connectivity index (χ2n) is 8.36. The minimum atomic E-state index is -0.195. The Morgan fingerprint density at radius 1 is 1.22 bits per heavy atom. The third-order valence-electron chi connectivity index (χ3n) is 6.16. The molecule has 2 atom stereocenters. The number of likely N-dealkylation sites (tertiary alicyclic amines) is 1. The number of hydrogen-bond donors (Lipinski definition) is 0. The highest BCUT2D eigenvalue weighted by Gasteiger charge is 2.36. The zero-order valence-corrected chi connectivity index (χ0v) is 19.3. The van der Waals surface area contributed by atoms with Crippen LogP contribution < -0.4 is 0 Å². The van der Waals surface area contributed by atoms with Crippen molar-refractivity contribution in [2.45, 2.75) is 32.2 Å². The van der Waals surface area contributed by atoms with Crippen LogP contribution in [0.25, 0.3) is 0 Å². The van der Waals surface area contributed by atoms with Crippen molar-refractivity contribution in [3.8, 4) is 0 Å².